The van der Waals surface area contributed by atoms with Gasteiger partial charge in [-0.3, -0.25) is 4.79 Å². The maximum absolute atomic E-state index is 14.0. The van der Waals surface area contributed by atoms with Crippen molar-refractivity contribution < 1.29 is 18.7 Å². The highest BCUT2D eigenvalue weighted by molar-refractivity contribution is 5.85. The lowest BCUT2D eigenvalue weighted by Crippen LogP contribution is -2.62. The molecule has 2 fully saturated rings. The molecule has 2 rings (SSSR count). The normalized spacial score (nSPS) is 29.9. The second-order valence-corrected chi connectivity index (χ2v) is 6.41. The molecule has 0 spiro atoms. The summed E-state index contributed by atoms with van der Waals surface area (Å²) in [5.74, 6) is -5.00. The number of halogens is 2. The minimum Gasteiger partial charge on any atom is -0.383 e. The number of amides is 1. The molecule has 4 nitrogen and oxygen atoms in total. The first kappa shape index (κ1) is 15.6. The molecule has 2 unspecified atom stereocenters. The van der Waals surface area contributed by atoms with Crippen LogP contribution in [-0.2, 0) is 4.79 Å². The van der Waals surface area contributed by atoms with E-state index in [-0.39, 0.29) is 18.9 Å². The summed E-state index contributed by atoms with van der Waals surface area (Å²) in [7, 11) is 3.92. The topological polar surface area (TPSA) is 52.6 Å². The lowest BCUT2D eigenvalue weighted by atomic mass is 9.75. The van der Waals surface area contributed by atoms with Crippen molar-refractivity contribution in [3.8, 4) is 0 Å². The summed E-state index contributed by atoms with van der Waals surface area (Å²) in [5, 5.41) is 12.2. The SMILES string of the molecule is CN(C)C1CCCC(NC(=O)C(F)(F)C2(O)CCC2)C1. The fourth-order valence-corrected chi connectivity index (χ4v) is 3.08. The van der Waals surface area contributed by atoms with Gasteiger partial charge in [-0.25, -0.2) is 0 Å². The lowest BCUT2D eigenvalue weighted by molar-refractivity contribution is -0.216. The maximum atomic E-state index is 14.0. The van der Waals surface area contributed by atoms with Crippen molar-refractivity contribution in [2.75, 3.05) is 14.1 Å². The summed E-state index contributed by atoms with van der Waals surface area (Å²) < 4.78 is 28.0. The van der Waals surface area contributed by atoms with Gasteiger partial charge in [-0.2, -0.15) is 8.78 Å². The average molecular weight is 290 g/mol. The Morgan fingerprint density at radius 1 is 1.30 bits per heavy atom. The second-order valence-electron chi connectivity index (χ2n) is 6.41. The van der Waals surface area contributed by atoms with Crippen LogP contribution in [0.5, 0.6) is 0 Å². The Balaban J connectivity index is 1.94. The third kappa shape index (κ3) is 2.81. The van der Waals surface area contributed by atoms with Crippen molar-refractivity contribution in [2.24, 2.45) is 0 Å². The fraction of sp³-hybridized carbons (Fsp3) is 0.929. The Kier molecular flexibility index (Phi) is 4.35. The molecule has 1 amide bonds. The van der Waals surface area contributed by atoms with E-state index in [2.05, 4.69) is 10.2 Å². The first-order valence-electron chi connectivity index (χ1n) is 7.34. The Bertz CT molecular complexity index is 370. The van der Waals surface area contributed by atoms with Crippen LogP contribution in [-0.4, -0.2) is 53.6 Å². The smallest absolute Gasteiger partial charge is 0.352 e. The van der Waals surface area contributed by atoms with Gasteiger partial charge in [0.05, 0.1) is 0 Å². The minimum atomic E-state index is -3.68. The van der Waals surface area contributed by atoms with Crippen molar-refractivity contribution >= 4 is 5.91 Å². The predicted octanol–water partition coefficient (Wildman–Crippen LogP) is 1.53. The largest absolute Gasteiger partial charge is 0.383 e. The summed E-state index contributed by atoms with van der Waals surface area (Å²) in [5.41, 5.74) is -2.13. The van der Waals surface area contributed by atoms with Gasteiger partial charge in [-0.15, -0.1) is 0 Å². The summed E-state index contributed by atoms with van der Waals surface area (Å²) in [6.07, 6.45) is 3.91. The zero-order valence-electron chi connectivity index (χ0n) is 12.2. The molecule has 0 bridgehead atoms. The molecule has 0 heterocycles. The van der Waals surface area contributed by atoms with Gasteiger partial charge < -0.3 is 15.3 Å². The van der Waals surface area contributed by atoms with E-state index in [1.165, 1.54) is 0 Å². The quantitative estimate of drug-likeness (QED) is 0.825. The molecule has 6 heteroatoms. The maximum Gasteiger partial charge on any atom is 0.352 e. The number of alkyl halides is 2. The Morgan fingerprint density at radius 3 is 2.45 bits per heavy atom. The standard InChI is InChI=1S/C14H24F2N2O2/c1-18(2)11-6-3-5-10(9-11)17-12(19)14(15,16)13(20)7-4-8-13/h10-11,20H,3-9H2,1-2H3,(H,17,19). The van der Waals surface area contributed by atoms with Gasteiger partial charge in [0.15, 0.2) is 0 Å². The number of nitrogens with zero attached hydrogens (tertiary/aromatic N) is 1. The van der Waals surface area contributed by atoms with Crippen LogP contribution in [0.2, 0.25) is 0 Å². The average Bonchev–Trinajstić information content (AvgIpc) is 2.35. The molecule has 0 aliphatic heterocycles. The van der Waals surface area contributed by atoms with E-state index in [0.717, 1.165) is 19.3 Å². The summed E-state index contributed by atoms with van der Waals surface area (Å²) in [4.78, 5) is 13.9. The molecule has 0 radical (unpaired) electrons. The van der Waals surface area contributed by atoms with Crippen LogP contribution < -0.4 is 5.32 Å². The van der Waals surface area contributed by atoms with E-state index in [9.17, 15) is 18.7 Å². The van der Waals surface area contributed by atoms with Gasteiger partial charge in [-0.05, 0) is 59.0 Å². The molecule has 0 aromatic carbocycles. The highest BCUT2D eigenvalue weighted by atomic mass is 19.3. The fourth-order valence-electron chi connectivity index (χ4n) is 3.08. The van der Waals surface area contributed by atoms with E-state index in [1.807, 2.05) is 14.1 Å². The van der Waals surface area contributed by atoms with Gasteiger partial charge in [0, 0.05) is 12.1 Å². The van der Waals surface area contributed by atoms with Crippen molar-refractivity contribution in [1.82, 2.24) is 10.2 Å². The molecule has 0 aromatic rings. The molecular weight excluding hydrogens is 266 g/mol. The van der Waals surface area contributed by atoms with Gasteiger partial charge in [0.25, 0.3) is 5.91 Å². The van der Waals surface area contributed by atoms with Gasteiger partial charge >= 0.3 is 5.92 Å². The first-order valence-corrected chi connectivity index (χ1v) is 7.34. The van der Waals surface area contributed by atoms with Crippen LogP contribution in [0.15, 0.2) is 0 Å². The zero-order valence-corrected chi connectivity index (χ0v) is 12.2. The van der Waals surface area contributed by atoms with Crippen LogP contribution >= 0.6 is 0 Å². The Hall–Kier alpha value is -0.750. The number of carbonyl (C=O) groups excluding carboxylic acids is 1. The highest BCUT2D eigenvalue weighted by Crippen LogP contribution is 2.44. The second kappa shape index (κ2) is 5.56. The van der Waals surface area contributed by atoms with Crippen molar-refractivity contribution in [3.05, 3.63) is 0 Å². The van der Waals surface area contributed by atoms with Crippen LogP contribution in [0.3, 0.4) is 0 Å². The van der Waals surface area contributed by atoms with E-state index in [1.54, 1.807) is 0 Å². The number of aliphatic hydroxyl groups is 1. The number of nitrogens with one attached hydrogen (secondary N) is 1. The molecule has 0 aromatic heterocycles. The van der Waals surface area contributed by atoms with Crippen molar-refractivity contribution in [3.63, 3.8) is 0 Å². The molecule has 2 N–H and O–H groups in total. The zero-order chi connectivity index (χ0) is 15.0. The van der Waals surface area contributed by atoms with E-state index >= 15 is 0 Å². The molecule has 0 saturated heterocycles. The molecule has 2 aliphatic carbocycles. The Labute approximate surface area is 118 Å². The van der Waals surface area contributed by atoms with Crippen LogP contribution in [0, 0.1) is 0 Å². The van der Waals surface area contributed by atoms with Crippen LogP contribution in [0.4, 0.5) is 8.78 Å². The van der Waals surface area contributed by atoms with E-state index in [4.69, 9.17) is 0 Å². The predicted molar refractivity (Wildman–Crippen MR) is 71.6 cm³/mol. The number of rotatable bonds is 4. The minimum absolute atomic E-state index is 0.00158. The lowest BCUT2D eigenvalue weighted by Gasteiger charge is -2.42. The third-order valence-electron chi connectivity index (χ3n) is 4.76. The summed E-state index contributed by atoms with van der Waals surface area (Å²) in [6.45, 7) is 0. The van der Waals surface area contributed by atoms with Crippen molar-refractivity contribution in [1.29, 1.82) is 0 Å². The number of hydrogen-bond acceptors (Lipinski definition) is 3. The molecule has 116 valence electrons. The molecule has 2 atom stereocenters. The number of carbonyl (C=O) groups is 1. The molecule has 20 heavy (non-hydrogen) atoms. The van der Waals surface area contributed by atoms with E-state index in [0.29, 0.717) is 18.9 Å². The van der Waals surface area contributed by atoms with E-state index < -0.39 is 17.4 Å². The van der Waals surface area contributed by atoms with Crippen LogP contribution in [0.25, 0.3) is 0 Å². The summed E-state index contributed by atoms with van der Waals surface area (Å²) >= 11 is 0. The first-order chi connectivity index (χ1) is 9.26. The monoisotopic (exact) mass is 290 g/mol. The van der Waals surface area contributed by atoms with Gasteiger partial charge in [0.1, 0.15) is 5.60 Å². The summed E-state index contributed by atoms with van der Waals surface area (Å²) in [6, 6.07) is 0.0904. The van der Waals surface area contributed by atoms with Gasteiger partial charge in [0.2, 0.25) is 0 Å². The third-order valence-corrected chi connectivity index (χ3v) is 4.76. The van der Waals surface area contributed by atoms with Crippen molar-refractivity contribution in [2.45, 2.75) is 68.6 Å². The Morgan fingerprint density at radius 2 is 1.95 bits per heavy atom. The number of hydrogen-bond donors (Lipinski definition) is 2. The van der Waals surface area contributed by atoms with Gasteiger partial charge in [-0.1, -0.05) is 0 Å². The van der Waals surface area contributed by atoms with Crippen LogP contribution in [0.1, 0.15) is 44.9 Å². The highest BCUT2D eigenvalue weighted by Gasteiger charge is 2.61. The molecule has 2 aliphatic rings. The molecular formula is C14H24F2N2O2. The molecule has 2 saturated carbocycles.